The second-order valence-electron chi connectivity index (χ2n) is 2.43. The lowest BCUT2D eigenvalue weighted by Gasteiger charge is -2.03. The molecule has 14 heavy (non-hydrogen) atoms. The highest BCUT2D eigenvalue weighted by molar-refractivity contribution is 6.19. The Kier molecular flexibility index (Phi) is 4.60. The Hall–Kier alpha value is -1.46. The molecule has 0 aromatic heterocycles. The summed E-state index contributed by atoms with van der Waals surface area (Å²) in [6.45, 7) is 0.248. The van der Waals surface area contributed by atoms with Crippen LogP contribution >= 0.6 is 11.6 Å². The van der Waals surface area contributed by atoms with Crippen molar-refractivity contribution in [2.24, 2.45) is 0 Å². The number of carbonyl (C=O) groups excluding carboxylic acids is 1. The summed E-state index contributed by atoms with van der Waals surface area (Å²) in [5, 5.41) is 0. The molecule has 0 saturated heterocycles. The highest BCUT2D eigenvalue weighted by atomic mass is 35.5. The molecule has 0 aliphatic heterocycles. The Morgan fingerprint density at radius 1 is 1.36 bits per heavy atom. The van der Waals surface area contributed by atoms with E-state index in [0.29, 0.717) is 17.2 Å². The third kappa shape index (κ3) is 3.12. The summed E-state index contributed by atoms with van der Waals surface area (Å²) >= 11 is 5.36. The molecule has 0 N–H and O–H groups in total. The topological polar surface area (TPSA) is 26.3 Å². The first-order chi connectivity index (χ1) is 6.88. The molecular weight excluding hydrogens is 200 g/mol. The van der Waals surface area contributed by atoms with E-state index < -0.39 is 0 Å². The van der Waals surface area contributed by atoms with Crippen molar-refractivity contribution in [2.75, 3.05) is 12.5 Å². The third-order valence-corrected chi connectivity index (χ3v) is 1.67. The molecule has 0 radical (unpaired) electrons. The normalized spacial score (nSPS) is 8.64. The quantitative estimate of drug-likeness (QED) is 0.432. The van der Waals surface area contributed by atoms with E-state index in [4.69, 9.17) is 16.3 Å². The summed E-state index contributed by atoms with van der Waals surface area (Å²) in [6.07, 6.45) is 0.754. The van der Waals surface area contributed by atoms with E-state index in [0.717, 1.165) is 6.29 Å². The number of carbonyl (C=O) groups is 1. The van der Waals surface area contributed by atoms with Gasteiger partial charge in [0.25, 0.3) is 0 Å². The highest BCUT2D eigenvalue weighted by Crippen LogP contribution is 2.14. The molecule has 0 unspecified atom stereocenters. The fraction of sp³-hybridized carbons (Fsp3) is 0.182. The number of hydrogen-bond acceptors (Lipinski definition) is 2. The van der Waals surface area contributed by atoms with Crippen LogP contribution in [0.25, 0.3) is 0 Å². The summed E-state index contributed by atoms with van der Waals surface area (Å²) in [7, 11) is 0. The molecule has 1 aromatic rings. The average molecular weight is 209 g/mol. The van der Waals surface area contributed by atoms with Crippen LogP contribution in [0, 0.1) is 11.8 Å². The Morgan fingerprint density at radius 2 is 2.14 bits per heavy atom. The van der Waals surface area contributed by atoms with Crippen molar-refractivity contribution in [2.45, 2.75) is 0 Å². The van der Waals surface area contributed by atoms with Crippen molar-refractivity contribution in [1.29, 1.82) is 0 Å². The van der Waals surface area contributed by atoms with Crippen LogP contribution in [0.2, 0.25) is 0 Å². The maximum Gasteiger partial charge on any atom is 0.153 e. The second-order valence-corrected chi connectivity index (χ2v) is 2.70. The number of benzene rings is 1. The predicted molar refractivity (Wildman–Crippen MR) is 55.8 cm³/mol. The van der Waals surface area contributed by atoms with E-state index in [-0.39, 0.29) is 6.61 Å². The monoisotopic (exact) mass is 208 g/mol. The molecular formula is C11H9ClO2. The third-order valence-electron chi connectivity index (χ3n) is 1.54. The molecule has 0 bridgehead atoms. The minimum absolute atomic E-state index is 0.248. The summed E-state index contributed by atoms with van der Waals surface area (Å²) in [5.74, 6) is 6.21. The Morgan fingerprint density at radius 3 is 2.86 bits per heavy atom. The van der Waals surface area contributed by atoms with Gasteiger partial charge in [0.05, 0.1) is 11.4 Å². The fourth-order valence-corrected chi connectivity index (χ4v) is 1.02. The van der Waals surface area contributed by atoms with E-state index in [9.17, 15) is 4.79 Å². The van der Waals surface area contributed by atoms with E-state index in [2.05, 4.69) is 11.8 Å². The maximum absolute atomic E-state index is 10.6. The smallest absolute Gasteiger partial charge is 0.153 e. The zero-order valence-corrected chi connectivity index (χ0v) is 8.25. The molecule has 0 atom stereocenters. The largest absolute Gasteiger partial charge is 0.480 e. The van der Waals surface area contributed by atoms with Gasteiger partial charge in [-0.05, 0) is 12.1 Å². The first kappa shape index (κ1) is 10.6. The van der Waals surface area contributed by atoms with Crippen LogP contribution in [0.1, 0.15) is 10.4 Å². The van der Waals surface area contributed by atoms with Gasteiger partial charge in [0.1, 0.15) is 12.4 Å². The maximum atomic E-state index is 10.6. The van der Waals surface area contributed by atoms with E-state index >= 15 is 0 Å². The summed E-state index contributed by atoms with van der Waals surface area (Å²) < 4.78 is 5.27. The van der Waals surface area contributed by atoms with Crippen LogP contribution in [0.3, 0.4) is 0 Å². The predicted octanol–water partition coefficient (Wildman–Crippen LogP) is 2.12. The van der Waals surface area contributed by atoms with Gasteiger partial charge in [-0.15, -0.1) is 11.6 Å². The lowest BCUT2D eigenvalue weighted by Crippen LogP contribution is -1.97. The van der Waals surface area contributed by atoms with Crippen molar-refractivity contribution in [1.82, 2.24) is 0 Å². The van der Waals surface area contributed by atoms with Crippen LogP contribution in [0.15, 0.2) is 24.3 Å². The van der Waals surface area contributed by atoms with Gasteiger partial charge in [-0.3, -0.25) is 4.79 Å². The van der Waals surface area contributed by atoms with E-state index in [1.54, 1.807) is 24.3 Å². The number of aldehydes is 1. The molecule has 3 heteroatoms. The SMILES string of the molecule is O=Cc1ccccc1OCC#CCCl. The number of halogens is 1. The average Bonchev–Trinajstić information content (AvgIpc) is 2.25. The highest BCUT2D eigenvalue weighted by Gasteiger charge is 1.98. The van der Waals surface area contributed by atoms with Crippen LogP contribution in [-0.4, -0.2) is 18.8 Å². The van der Waals surface area contributed by atoms with Crippen LogP contribution < -0.4 is 4.74 Å². The molecule has 2 nitrogen and oxygen atoms in total. The molecule has 72 valence electrons. The van der Waals surface area contributed by atoms with Crippen molar-refractivity contribution in [3.8, 4) is 17.6 Å². The zero-order valence-electron chi connectivity index (χ0n) is 7.50. The number of alkyl halides is 1. The van der Waals surface area contributed by atoms with Gasteiger partial charge < -0.3 is 4.74 Å². The fourth-order valence-electron chi connectivity index (χ4n) is 0.921. The van der Waals surface area contributed by atoms with Gasteiger partial charge in [0, 0.05) is 0 Å². The number of ether oxygens (including phenoxy) is 1. The second kappa shape index (κ2) is 6.06. The van der Waals surface area contributed by atoms with Gasteiger partial charge in [-0.25, -0.2) is 0 Å². The lowest BCUT2D eigenvalue weighted by atomic mass is 10.2. The lowest BCUT2D eigenvalue weighted by molar-refractivity contribution is 0.112. The molecule has 0 aliphatic carbocycles. The Bertz CT molecular complexity index is 363. The van der Waals surface area contributed by atoms with Crippen molar-refractivity contribution < 1.29 is 9.53 Å². The van der Waals surface area contributed by atoms with Crippen LogP contribution in [0.5, 0.6) is 5.75 Å². The summed E-state index contributed by atoms with van der Waals surface area (Å²) in [4.78, 5) is 10.6. The van der Waals surface area contributed by atoms with Crippen molar-refractivity contribution in [3.63, 3.8) is 0 Å². The van der Waals surface area contributed by atoms with Gasteiger partial charge in [0.2, 0.25) is 0 Å². The van der Waals surface area contributed by atoms with Crippen LogP contribution in [0.4, 0.5) is 0 Å². The molecule has 0 heterocycles. The first-order valence-electron chi connectivity index (χ1n) is 4.07. The van der Waals surface area contributed by atoms with Crippen LogP contribution in [-0.2, 0) is 0 Å². The summed E-state index contributed by atoms with van der Waals surface area (Å²) in [6, 6.07) is 7.00. The zero-order chi connectivity index (χ0) is 10.2. The Labute approximate surface area is 87.8 Å². The summed E-state index contributed by atoms with van der Waals surface area (Å²) in [5.41, 5.74) is 0.528. The molecule has 1 aromatic carbocycles. The van der Waals surface area contributed by atoms with Gasteiger partial charge >= 0.3 is 0 Å². The molecule has 0 aliphatic rings. The van der Waals surface area contributed by atoms with Gasteiger partial charge in [-0.2, -0.15) is 0 Å². The van der Waals surface area contributed by atoms with Gasteiger partial charge in [0.15, 0.2) is 6.29 Å². The van der Waals surface area contributed by atoms with E-state index in [1.807, 2.05) is 0 Å². The standard InChI is InChI=1S/C11H9ClO2/c12-7-3-4-8-14-11-6-2-1-5-10(11)9-13/h1-2,5-6,9H,7-8H2. The molecule has 1 rings (SSSR count). The number of para-hydroxylation sites is 1. The Balaban J connectivity index is 2.62. The minimum atomic E-state index is 0.248. The molecule has 0 spiro atoms. The number of rotatable bonds is 3. The van der Waals surface area contributed by atoms with Gasteiger partial charge in [-0.1, -0.05) is 24.0 Å². The molecule has 0 amide bonds. The molecule has 0 saturated carbocycles. The molecule has 0 fully saturated rings. The van der Waals surface area contributed by atoms with Crippen molar-refractivity contribution in [3.05, 3.63) is 29.8 Å². The van der Waals surface area contributed by atoms with Crippen molar-refractivity contribution >= 4 is 17.9 Å². The first-order valence-corrected chi connectivity index (χ1v) is 4.60. The number of hydrogen-bond donors (Lipinski definition) is 0. The van der Waals surface area contributed by atoms with E-state index in [1.165, 1.54) is 0 Å². The minimum Gasteiger partial charge on any atom is -0.480 e.